The zero-order valence-electron chi connectivity index (χ0n) is 6.20. The van der Waals surface area contributed by atoms with Crippen molar-refractivity contribution in [2.24, 2.45) is 0 Å². The second-order valence-corrected chi connectivity index (χ2v) is 4.86. The summed E-state index contributed by atoms with van der Waals surface area (Å²) in [4.78, 5) is 2.06. The van der Waals surface area contributed by atoms with Crippen LogP contribution in [-0.2, 0) is 0 Å². The van der Waals surface area contributed by atoms with Crippen LogP contribution in [0.3, 0.4) is 0 Å². The van der Waals surface area contributed by atoms with Gasteiger partial charge < -0.3 is 0 Å². The van der Waals surface area contributed by atoms with Gasteiger partial charge in [0.05, 0.1) is 4.20 Å². The van der Waals surface area contributed by atoms with Gasteiger partial charge in [-0.05, 0) is 19.5 Å². The lowest BCUT2D eigenvalue weighted by Gasteiger charge is -2.03. The van der Waals surface area contributed by atoms with Crippen molar-refractivity contribution in [3.8, 4) is 0 Å². The Bertz CT molecular complexity index is 204. The molecule has 0 aromatic carbocycles. The lowest BCUT2D eigenvalue weighted by Crippen LogP contribution is -2.08. The van der Waals surface area contributed by atoms with E-state index in [1.54, 1.807) is 0 Å². The molecular weight excluding hydrogens is 162 g/mol. The molecule has 0 aromatic rings. The molecule has 1 aliphatic heterocycles. The Labute approximate surface area is 69.6 Å². The van der Waals surface area contributed by atoms with E-state index < -0.39 is 0 Å². The summed E-state index contributed by atoms with van der Waals surface area (Å²) in [6.45, 7) is 0. The number of hydrogen-bond acceptors (Lipinski definition) is 1. The number of allylic oxidation sites excluding steroid dienone is 1. The van der Waals surface area contributed by atoms with Crippen LogP contribution in [0.2, 0.25) is 0 Å². The lowest BCUT2D eigenvalue weighted by molar-refractivity contribution is 0.653. The quantitative estimate of drug-likeness (QED) is 0.556. The van der Waals surface area contributed by atoms with E-state index in [1.807, 2.05) is 14.1 Å². The molecule has 0 bridgehead atoms. The first-order valence-corrected chi connectivity index (χ1v) is 4.89. The van der Waals surface area contributed by atoms with E-state index in [1.165, 1.54) is 0 Å². The molecule has 56 valence electrons. The fourth-order valence-corrected chi connectivity index (χ4v) is 2.52. The van der Waals surface area contributed by atoms with Crippen molar-refractivity contribution in [1.82, 2.24) is 4.90 Å². The normalized spacial score (nSPS) is 25.1. The Kier molecular flexibility index (Phi) is 2.77. The maximum Gasteiger partial charge on any atom is 0.0510 e. The number of thiocarbonyl (C=S) groups is 1. The van der Waals surface area contributed by atoms with E-state index in [0.717, 1.165) is 10.6 Å². The van der Waals surface area contributed by atoms with Gasteiger partial charge in [0.2, 0.25) is 0 Å². The molecule has 1 atom stereocenters. The van der Waals surface area contributed by atoms with Gasteiger partial charge >= 0.3 is 0 Å². The molecule has 0 saturated heterocycles. The molecule has 0 spiro atoms. The fourth-order valence-electron chi connectivity index (χ4n) is 0.741. The largest absolute Gasteiger partial charge is 0.282 e. The molecule has 0 aliphatic carbocycles. The monoisotopic (exact) mass is 173 g/mol. The highest BCUT2D eigenvalue weighted by molar-refractivity contribution is 8.36. The lowest BCUT2D eigenvalue weighted by atomic mass is 10.5. The van der Waals surface area contributed by atoms with Crippen molar-refractivity contribution < 1.29 is 0 Å². The molecule has 0 radical (unpaired) electrons. The standard InChI is InChI=1S/C7H11NS2/c1-8(2)6-10-5-3-4-7(10)9/h3,5-6H,4H2,1-2H3. The molecule has 1 aliphatic rings. The van der Waals surface area contributed by atoms with E-state index in [4.69, 9.17) is 12.2 Å². The summed E-state index contributed by atoms with van der Waals surface area (Å²) >= 11 is 5.15. The van der Waals surface area contributed by atoms with Gasteiger partial charge in [-0.1, -0.05) is 18.3 Å². The van der Waals surface area contributed by atoms with Gasteiger partial charge in [-0.2, -0.15) is 0 Å². The Morgan fingerprint density at radius 2 is 2.40 bits per heavy atom. The van der Waals surface area contributed by atoms with Gasteiger partial charge in [0.25, 0.3) is 0 Å². The fraction of sp³-hybridized carbons (Fsp3) is 0.429. The molecule has 1 heterocycles. The van der Waals surface area contributed by atoms with Gasteiger partial charge in [-0.25, -0.2) is 0 Å². The summed E-state index contributed by atoms with van der Waals surface area (Å²) in [5, 5.41) is 2.18. The molecule has 0 N–H and O–H groups in total. The topological polar surface area (TPSA) is 3.24 Å². The van der Waals surface area contributed by atoms with Crippen molar-refractivity contribution in [3.63, 3.8) is 0 Å². The molecule has 1 unspecified atom stereocenters. The third kappa shape index (κ3) is 2.01. The average molecular weight is 173 g/mol. The molecule has 10 heavy (non-hydrogen) atoms. The predicted octanol–water partition coefficient (Wildman–Crippen LogP) is 1.82. The van der Waals surface area contributed by atoms with E-state index in [-0.39, 0.29) is 10.5 Å². The van der Waals surface area contributed by atoms with Crippen molar-refractivity contribution in [1.29, 1.82) is 0 Å². The molecular formula is C7H11NS2. The van der Waals surface area contributed by atoms with Crippen LogP contribution in [0, 0.1) is 0 Å². The molecule has 0 amide bonds. The Morgan fingerprint density at radius 1 is 1.70 bits per heavy atom. The second kappa shape index (κ2) is 3.42. The highest BCUT2D eigenvalue weighted by Crippen LogP contribution is 2.25. The van der Waals surface area contributed by atoms with Gasteiger partial charge in [0, 0.05) is 11.9 Å². The van der Waals surface area contributed by atoms with Gasteiger partial charge in [0.15, 0.2) is 0 Å². The molecule has 0 saturated carbocycles. The van der Waals surface area contributed by atoms with E-state index in [9.17, 15) is 0 Å². The maximum atomic E-state index is 5.15. The predicted molar refractivity (Wildman–Crippen MR) is 53.7 cm³/mol. The van der Waals surface area contributed by atoms with Gasteiger partial charge in [0.1, 0.15) is 0 Å². The van der Waals surface area contributed by atoms with E-state index in [0.29, 0.717) is 0 Å². The SMILES string of the molecule is CN(C)/C=S1\C=CCC1=S. The van der Waals surface area contributed by atoms with Crippen LogP contribution in [0.25, 0.3) is 0 Å². The zero-order chi connectivity index (χ0) is 7.56. The number of rotatable bonds is 1. The minimum atomic E-state index is 0.150. The summed E-state index contributed by atoms with van der Waals surface area (Å²) in [6, 6.07) is 0. The van der Waals surface area contributed by atoms with Gasteiger partial charge in [-0.3, -0.25) is 4.90 Å². The summed E-state index contributed by atoms with van der Waals surface area (Å²) < 4.78 is 1.16. The molecule has 1 nitrogen and oxygen atoms in total. The van der Waals surface area contributed by atoms with Crippen LogP contribution in [-0.4, -0.2) is 28.7 Å². The van der Waals surface area contributed by atoms with Gasteiger partial charge in [-0.15, -0.1) is 10.5 Å². The van der Waals surface area contributed by atoms with Crippen LogP contribution < -0.4 is 0 Å². The second-order valence-electron chi connectivity index (χ2n) is 2.39. The molecule has 0 aromatic heterocycles. The third-order valence-corrected chi connectivity index (χ3v) is 3.69. The highest BCUT2D eigenvalue weighted by Gasteiger charge is 2.04. The molecule has 0 fully saturated rings. The van der Waals surface area contributed by atoms with Crippen molar-refractivity contribution in [3.05, 3.63) is 11.5 Å². The average Bonchev–Trinajstić information content (AvgIpc) is 2.15. The van der Waals surface area contributed by atoms with Crippen LogP contribution in [0.5, 0.6) is 0 Å². The molecule has 1 rings (SSSR count). The van der Waals surface area contributed by atoms with E-state index in [2.05, 4.69) is 21.9 Å². The Morgan fingerprint density at radius 3 is 2.80 bits per heavy atom. The summed E-state index contributed by atoms with van der Waals surface area (Å²) in [7, 11) is 4.21. The van der Waals surface area contributed by atoms with Crippen molar-refractivity contribution in [2.45, 2.75) is 6.42 Å². The first-order valence-electron chi connectivity index (χ1n) is 3.13. The third-order valence-electron chi connectivity index (χ3n) is 1.11. The van der Waals surface area contributed by atoms with Crippen molar-refractivity contribution in [2.75, 3.05) is 14.1 Å². The van der Waals surface area contributed by atoms with Crippen molar-refractivity contribution >= 4 is 32.4 Å². The van der Waals surface area contributed by atoms with Crippen LogP contribution in [0.1, 0.15) is 6.42 Å². The van der Waals surface area contributed by atoms with Crippen LogP contribution >= 0.6 is 22.7 Å². The summed E-state index contributed by atoms with van der Waals surface area (Å²) in [5.41, 5.74) is 2.16. The zero-order valence-corrected chi connectivity index (χ0v) is 7.84. The minimum Gasteiger partial charge on any atom is -0.282 e. The highest BCUT2D eigenvalue weighted by atomic mass is 32.2. The van der Waals surface area contributed by atoms with Crippen LogP contribution in [0.15, 0.2) is 11.5 Å². The maximum absolute atomic E-state index is 5.15. The summed E-state index contributed by atoms with van der Waals surface area (Å²) in [6.07, 6.45) is 3.13. The minimum absolute atomic E-state index is 0.150. The Balaban J connectivity index is 2.72. The van der Waals surface area contributed by atoms with E-state index >= 15 is 0 Å². The first-order chi connectivity index (χ1) is 4.70. The van der Waals surface area contributed by atoms with Crippen LogP contribution in [0.4, 0.5) is 0 Å². The smallest absolute Gasteiger partial charge is 0.0510 e. The molecule has 3 heteroatoms. The first kappa shape index (κ1) is 8.11. The Hall–Kier alpha value is 0.01000. The number of hydrogen-bond donors (Lipinski definition) is 0. The summed E-state index contributed by atoms with van der Waals surface area (Å²) in [5.74, 6) is 0. The number of nitrogens with zero attached hydrogens (tertiary/aromatic N) is 1.